The zero-order valence-corrected chi connectivity index (χ0v) is 47.7. The molecule has 82 heavy (non-hydrogen) atoms. The first-order valence-corrected chi connectivity index (χ1v) is 27.4. The molecule has 0 bridgehead atoms. The van der Waals surface area contributed by atoms with Crippen molar-refractivity contribution in [1.82, 2.24) is 41.4 Å². The van der Waals surface area contributed by atoms with Crippen molar-refractivity contribution in [1.29, 1.82) is 0 Å². The van der Waals surface area contributed by atoms with Crippen molar-refractivity contribution in [2.45, 2.75) is 168 Å². The molecule has 0 radical (unpaired) electrons. The van der Waals surface area contributed by atoms with Crippen LogP contribution >= 0.6 is 0 Å². The predicted molar refractivity (Wildman–Crippen MR) is 290 cm³/mol. The summed E-state index contributed by atoms with van der Waals surface area (Å²) in [5, 5.41) is 33.0. The third-order valence-electron chi connectivity index (χ3n) is 14.7. The van der Waals surface area contributed by atoms with Crippen LogP contribution in [0.5, 0.6) is 0 Å². The largest absolute Gasteiger partial charge is 0.480 e. The molecule has 2 aliphatic rings. The molecule has 0 aromatic heterocycles. The van der Waals surface area contributed by atoms with E-state index in [0.29, 0.717) is 24.3 Å². The van der Waals surface area contributed by atoms with Crippen LogP contribution in [0.15, 0.2) is 48.5 Å². The first kappa shape index (κ1) is 66.8. The number of hydroxylamine groups is 2. The molecule has 9 amide bonds. The number of amides is 9. The van der Waals surface area contributed by atoms with E-state index >= 15 is 4.39 Å². The number of nitrogens with zero attached hydrogens (tertiary/aromatic N) is 3. The van der Waals surface area contributed by atoms with Crippen LogP contribution in [0.25, 0.3) is 0 Å². The molecule has 2 fully saturated rings. The number of halogens is 2. The number of carbonyl (C=O) groups is 12. The number of carboxylic acid groups (broad SMARTS) is 1. The summed E-state index contributed by atoms with van der Waals surface area (Å²) < 4.78 is 30.2. The Balaban J connectivity index is 1.52. The van der Waals surface area contributed by atoms with Crippen molar-refractivity contribution in [2.24, 2.45) is 17.3 Å². The maximum Gasteiger partial charge on any atom is 0.333 e. The quantitative estimate of drug-likeness (QED) is 0.0553. The van der Waals surface area contributed by atoms with Gasteiger partial charge in [0.1, 0.15) is 54.2 Å². The Kier molecular flexibility index (Phi) is 25.2. The Morgan fingerprint density at radius 2 is 1.41 bits per heavy atom. The van der Waals surface area contributed by atoms with E-state index in [1.54, 1.807) is 0 Å². The lowest BCUT2D eigenvalue weighted by molar-refractivity contribution is -0.197. The molecular weight excluding hydrogens is 1070 g/mol. The van der Waals surface area contributed by atoms with Crippen LogP contribution in [-0.4, -0.2) is 159 Å². The number of hydrogen-bond acceptors (Lipinski definition) is 14. The van der Waals surface area contributed by atoms with Crippen LogP contribution in [-0.2, 0) is 68.8 Å². The number of ketones is 1. The Morgan fingerprint density at radius 3 is 2.02 bits per heavy atom. The van der Waals surface area contributed by atoms with E-state index in [4.69, 9.17) is 4.84 Å². The van der Waals surface area contributed by atoms with Gasteiger partial charge in [-0.15, -0.1) is 5.06 Å². The number of aliphatic carboxylic acids is 1. The fourth-order valence-corrected chi connectivity index (χ4v) is 10.4. The number of Topliss-reactive ketones (excluding diaryl/α,β-unsaturated/α-hetero) is 1. The molecule has 450 valence electrons. The van der Waals surface area contributed by atoms with Crippen molar-refractivity contribution in [2.75, 3.05) is 26.7 Å². The molecule has 3 unspecified atom stereocenters. The van der Waals surface area contributed by atoms with E-state index in [0.717, 1.165) is 22.6 Å². The van der Waals surface area contributed by atoms with E-state index in [-0.39, 0.29) is 87.6 Å². The summed E-state index contributed by atoms with van der Waals surface area (Å²) in [6.07, 6.45) is -0.582. The van der Waals surface area contributed by atoms with Crippen LogP contribution < -0.4 is 26.6 Å². The van der Waals surface area contributed by atoms with Gasteiger partial charge < -0.3 is 56.2 Å². The Morgan fingerprint density at radius 1 is 0.768 bits per heavy atom. The monoisotopic (exact) mass is 1150 g/mol. The highest BCUT2D eigenvalue weighted by atomic mass is 19.1. The molecule has 1 heterocycles. The summed E-state index contributed by atoms with van der Waals surface area (Å²) in [5.74, 6) is -11.6. The van der Waals surface area contributed by atoms with E-state index in [9.17, 15) is 72.1 Å². The van der Waals surface area contributed by atoms with Crippen molar-refractivity contribution in [3.05, 3.63) is 71.3 Å². The second-order valence-corrected chi connectivity index (χ2v) is 22.1. The van der Waals surface area contributed by atoms with Gasteiger partial charge in [-0.25, -0.2) is 18.4 Å². The summed E-state index contributed by atoms with van der Waals surface area (Å²) >= 11 is 0. The molecule has 25 heteroatoms. The van der Waals surface area contributed by atoms with Gasteiger partial charge in [0.05, 0.1) is 0 Å². The number of hydrogen-bond donors (Lipinski definition) is 7. The van der Waals surface area contributed by atoms with Crippen molar-refractivity contribution < 1.29 is 81.4 Å². The van der Waals surface area contributed by atoms with Gasteiger partial charge in [-0.05, 0) is 119 Å². The van der Waals surface area contributed by atoms with Gasteiger partial charge in [0, 0.05) is 64.7 Å². The lowest BCUT2D eigenvalue weighted by atomic mass is 9.72. The number of aliphatic hydroxyl groups is 1. The smallest absolute Gasteiger partial charge is 0.333 e. The maximum atomic E-state index is 15.5. The summed E-state index contributed by atoms with van der Waals surface area (Å²) in [6, 6.07) is 5.39. The number of nitrogens with one attached hydrogen (secondary N) is 5. The van der Waals surface area contributed by atoms with Crippen molar-refractivity contribution in [3.63, 3.8) is 0 Å². The number of imide groups is 1. The fourth-order valence-electron chi connectivity index (χ4n) is 10.4. The normalized spacial score (nSPS) is 18.2. The molecule has 1 saturated heterocycles. The molecule has 23 nitrogen and oxygen atoms in total. The van der Waals surface area contributed by atoms with Crippen LogP contribution in [0, 0.1) is 28.9 Å². The van der Waals surface area contributed by atoms with Crippen molar-refractivity contribution >= 4 is 70.9 Å². The first-order valence-electron chi connectivity index (χ1n) is 27.4. The zero-order chi connectivity index (χ0) is 61.2. The molecule has 1 aliphatic heterocycles. The maximum absolute atomic E-state index is 15.5. The number of benzene rings is 2. The molecule has 4 rings (SSSR count). The number of rotatable bonds is 30. The number of likely N-dealkylation sites (N-methyl/N-ethyl adjacent to an activating group) is 1. The fraction of sp³-hybridized carbons (Fsp3) is 0.579. The average molecular weight is 1150 g/mol. The molecule has 7 N–H and O–H groups in total. The molecule has 2 aromatic carbocycles. The highest BCUT2D eigenvalue weighted by Crippen LogP contribution is 2.50. The Hall–Kier alpha value is -7.70. The van der Waals surface area contributed by atoms with Crippen LogP contribution in [0.1, 0.15) is 136 Å². The second kappa shape index (κ2) is 30.9. The summed E-state index contributed by atoms with van der Waals surface area (Å²) in [4.78, 5) is 161. The van der Waals surface area contributed by atoms with E-state index < -0.39 is 137 Å². The third kappa shape index (κ3) is 19.8. The number of carboxylic acids is 1. The van der Waals surface area contributed by atoms with Crippen LogP contribution in [0.2, 0.25) is 0 Å². The second-order valence-electron chi connectivity index (χ2n) is 22.1. The summed E-state index contributed by atoms with van der Waals surface area (Å²) in [6.45, 7) is 9.36. The average Bonchev–Trinajstić information content (AvgIpc) is 4.21. The lowest BCUT2D eigenvalue weighted by Crippen LogP contribution is -2.58. The Bertz CT molecular complexity index is 2650. The predicted octanol–water partition coefficient (Wildman–Crippen LogP) is 2.51. The highest BCUT2D eigenvalue weighted by Gasteiger charge is 2.48. The van der Waals surface area contributed by atoms with Gasteiger partial charge in [0.15, 0.2) is 0 Å². The van der Waals surface area contributed by atoms with Crippen molar-refractivity contribution in [3.8, 4) is 0 Å². The minimum atomic E-state index is -1.50. The van der Waals surface area contributed by atoms with Gasteiger partial charge in [0.25, 0.3) is 11.8 Å². The standard InChI is InChI=1S/C57H78F2N8O15/c1-32(69)17-20-44(56(80)81)63-46(71)23-25-60-54(78)43(64-52(76)33(2)62-53(77)35(4)65(8)55(79)34(3)61-45(70)15-12-16-50(75)82-67-47(72)21-22-48(67)73)24-26-66(49(74)31-68)51(57(5,6)7)41-29-38(40-30-39(58)18-19-42(40)59)28-37(41)27-36-13-10-9-11-14-36/h9-11,13-14,18-19,30,33-35,37-38,41,43-44,51,68H,12,15-17,20-29,31H2,1-8H3,(H,60,78)(H,61,70)(H,62,77)(H,63,71)(H,64,76)(H,80,81)/t33-,34-,35-,37?,38?,41?,43-,44+,51-/m0/s1. The Labute approximate surface area is 475 Å². The lowest BCUT2D eigenvalue weighted by Gasteiger charge is -2.46. The minimum Gasteiger partial charge on any atom is -0.480 e. The topological polar surface area (TPSA) is 324 Å². The van der Waals surface area contributed by atoms with E-state index in [1.807, 2.05) is 51.1 Å². The number of carbonyl (C=O) groups excluding carboxylic acids is 11. The van der Waals surface area contributed by atoms with Gasteiger partial charge in [-0.3, -0.25) is 43.2 Å². The van der Waals surface area contributed by atoms with Crippen LogP contribution in [0.3, 0.4) is 0 Å². The molecular formula is C57H78F2N8O15. The van der Waals surface area contributed by atoms with Gasteiger partial charge in [0.2, 0.25) is 41.4 Å². The molecule has 0 spiro atoms. The van der Waals surface area contributed by atoms with Gasteiger partial charge in [-0.1, -0.05) is 51.1 Å². The highest BCUT2D eigenvalue weighted by molar-refractivity contribution is 6.01. The van der Waals surface area contributed by atoms with E-state index in [1.165, 1.54) is 45.7 Å². The molecule has 1 aliphatic carbocycles. The first-order chi connectivity index (χ1) is 38.5. The molecule has 2 aromatic rings. The summed E-state index contributed by atoms with van der Waals surface area (Å²) in [7, 11) is 1.28. The summed E-state index contributed by atoms with van der Waals surface area (Å²) in [5.41, 5.74) is 0.402. The molecule has 1 saturated carbocycles. The third-order valence-corrected chi connectivity index (χ3v) is 14.7. The zero-order valence-electron chi connectivity index (χ0n) is 47.7. The SMILES string of the molecule is CC(=O)CC[C@@H](NC(=O)CCNC(=O)[C@H](CCN(C(=O)CO)[C@@H](C1CC(c2cc(F)ccc2F)CC1Cc1ccccc1)C(C)(C)C)NC(=O)[C@H](C)NC(=O)[C@H](C)N(C)C(=O)[C@H](C)NC(=O)CCCC(=O)ON1C(=O)CCC1=O)C(=O)O. The minimum absolute atomic E-state index is 0.0510. The van der Waals surface area contributed by atoms with Gasteiger partial charge in [-0.2, -0.15) is 0 Å². The molecule has 9 atom stereocenters. The van der Waals surface area contributed by atoms with Crippen LogP contribution in [0.4, 0.5) is 8.78 Å². The number of aliphatic hydroxyl groups excluding tert-OH is 1. The van der Waals surface area contributed by atoms with Gasteiger partial charge >= 0.3 is 11.9 Å². The van der Waals surface area contributed by atoms with E-state index in [2.05, 4.69) is 26.6 Å².